The van der Waals surface area contributed by atoms with Crippen molar-refractivity contribution in [2.75, 3.05) is 33.0 Å². The lowest BCUT2D eigenvalue weighted by atomic mass is 10.1. The van der Waals surface area contributed by atoms with Crippen LogP contribution in [0.25, 0.3) is 0 Å². The fourth-order valence-corrected chi connectivity index (χ4v) is 4.93. The third-order valence-electron chi connectivity index (χ3n) is 5.86. The Hall–Kier alpha value is -2.78. The fraction of sp³-hybridized carbons (Fsp3) is 0.500. The molecular formula is C24H31N3O5S. The van der Waals surface area contributed by atoms with E-state index in [4.69, 9.17) is 14.2 Å². The van der Waals surface area contributed by atoms with Crippen LogP contribution < -0.4 is 14.8 Å². The van der Waals surface area contributed by atoms with Crippen LogP contribution in [0.1, 0.15) is 35.8 Å². The number of benzene rings is 1. The summed E-state index contributed by atoms with van der Waals surface area (Å²) in [7, 11) is 0. The molecule has 2 aromatic rings. The Labute approximate surface area is 198 Å². The fourth-order valence-electron chi connectivity index (χ4n) is 4.01. The van der Waals surface area contributed by atoms with Crippen LogP contribution in [0.5, 0.6) is 11.5 Å². The highest BCUT2D eigenvalue weighted by Crippen LogP contribution is 2.33. The summed E-state index contributed by atoms with van der Waals surface area (Å²) >= 11 is 1.63. The maximum Gasteiger partial charge on any atom is 0.317 e. The van der Waals surface area contributed by atoms with Crippen LogP contribution in [-0.4, -0.2) is 60.9 Å². The number of nitrogens with one attached hydrogen (secondary N) is 1. The zero-order valence-corrected chi connectivity index (χ0v) is 20.0. The van der Waals surface area contributed by atoms with Crippen LogP contribution in [-0.2, 0) is 22.6 Å². The minimum absolute atomic E-state index is 0.000663. The van der Waals surface area contributed by atoms with Crippen molar-refractivity contribution < 1.29 is 23.8 Å². The summed E-state index contributed by atoms with van der Waals surface area (Å²) in [5.41, 5.74) is 2.11. The number of amides is 3. The zero-order valence-electron chi connectivity index (χ0n) is 19.2. The average molecular weight is 474 g/mol. The quantitative estimate of drug-likeness (QED) is 0.603. The van der Waals surface area contributed by atoms with Crippen molar-refractivity contribution >= 4 is 23.3 Å². The number of carbonyl (C=O) groups is 2. The van der Waals surface area contributed by atoms with Crippen LogP contribution in [0.15, 0.2) is 29.6 Å². The Balaban J connectivity index is 1.51. The maximum atomic E-state index is 13.5. The highest BCUT2D eigenvalue weighted by Gasteiger charge is 2.27. The Kier molecular flexibility index (Phi) is 7.72. The molecule has 1 aromatic carbocycles. The summed E-state index contributed by atoms with van der Waals surface area (Å²) in [5, 5.41) is 4.86. The van der Waals surface area contributed by atoms with Crippen molar-refractivity contribution in [3.8, 4) is 11.5 Å². The van der Waals surface area contributed by atoms with Gasteiger partial charge in [-0.15, -0.1) is 11.3 Å². The molecule has 8 nitrogen and oxygen atoms in total. The van der Waals surface area contributed by atoms with Crippen LogP contribution in [0.4, 0.5) is 4.79 Å². The number of nitrogens with zero attached hydrogens (tertiary/aromatic N) is 2. The Morgan fingerprint density at radius 1 is 1.15 bits per heavy atom. The van der Waals surface area contributed by atoms with Gasteiger partial charge < -0.3 is 29.3 Å². The van der Waals surface area contributed by atoms with Crippen molar-refractivity contribution in [1.29, 1.82) is 0 Å². The molecule has 9 heteroatoms. The molecule has 33 heavy (non-hydrogen) atoms. The standard InChI is InChI=1S/C24H31N3O5S/c1-3-25-24(29)27(13-19-5-4-9-30-19)15-23(28)26(14-22-17(2)8-10-33-22)12-18-6-7-20-21(11-18)32-16-31-20/h6-8,10-11,19H,3-5,9,12-16H2,1-2H3,(H,25,29). The number of hydrogen-bond acceptors (Lipinski definition) is 6. The SMILES string of the molecule is CCNC(=O)N(CC(=O)N(Cc1ccc2c(c1)OCO2)Cc1sccc1C)CC1CCCO1. The van der Waals surface area contributed by atoms with E-state index >= 15 is 0 Å². The topological polar surface area (TPSA) is 80.3 Å². The Bertz CT molecular complexity index is 973. The molecule has 0 aliphatic carbocycles. The number of ether oxygens (including phenoxy) is 3. The molecule has 1 unspecified atom stereocenters. The second kappa shape index (κ2) is 10.9. The minimum atomic E-state index is -0.239. The van der Waals surface area contributed by atoms with Gasteiger partial charge in [0.1, 0.15) is 6.54 Å². The van der Waals surface area contributed by atoms with Gasteiger partial charge in [0.2, 0.25) is 12.7 Å². The lowest BCUT2D eigenvalue weighted by Crippen LogP contribution is -2.49. The first-order valence-corrected chi connectivity index (χ1v) is 12.2. The molecule has 2 aliphatic heterocycles. The normalized spacial score (nSPS) is 16.6. The van der Waals surface area contributed by atoms with Crippen molar-refractivity contribution in [2.45, 2.75) is 45.9 Å². The third kappa shape index (κ3) is 5.97. The number of urea groups is 1. The van der Waals surface area contributed by atoms with Gasteiger partial charge in [-0.1, -0.05) is 6.07 Å². The number of rotatable bonds is 9. The molecule has 1 atom stereocenters. The average Bonchev–Trinajstić information content (AvgIpc) is 3.55. The highest BCUT2D eigenvalue weighted by molar-refractivity contribution is 7.10. The maximum absolute atomic E-state index is 13.5. The lowest BCUT2D eigenvalue weighted by Gasteiger charge is -2.29. The van der Waals surface area contributed by atoms with E-state index in [0.29, 0.717) is 44.3 Å². The van der Waals surface area contributed by atoms with E-state index in [1.54, 1.807) is 21.1 Å². The van der Waals surface area contributed by atoms with Crippen LogP contribution >= 0.6 is 11.3 Å². The molecule has 0 bridgehead atoms. The number of fused-ring (bicyclic) bond motifs is 1. The molecule has 1 fully saturated rings. The van der Waals surface area contributed by atoms with Crippen molar-refractivity contribution in [2.24, 2.45) is 0 Å². The van der Waals surface area contributed by atoms with E-state index < -0.39 is 0 Å². The second-order valence-corrected chi connectivity index (χ2v) is 9.32. The summed E-state index contributed by atoms with van der Waals surface area (Å²) in [6.45, 7) is 6.65. The first kappa shape index (κ1) is 23.4. The van der Waals surface area contributed by atoms with E-state index in [0.717, 1.165) is 28.8 Å². The first-order chi connectivity index (χ1) is 16.0. The molecule has 0 spiro atoms. The van der Waals surface area contributed by atoms with E-state index in [-0.39, 0.29) is 31.4 Å². The molecule has 3 amide bonds. The summed E-state index contributed by atoms with van der Waals surface area (Å²) in [6.07, 6.45) is 1.86. The predicted molar refractivity (Wildman–Crippen MR) is 125 cm³/mol. The Morgan fingerprint density at radius 2 is 2.00 bits per heavy atom. The van der Waals surface area contributed by atoms with E-state index in [9.17, 15) is 9.59 Å². The molecule has 1 saturated heterocycles. The van der Waals surface area contributed by atoms with Crippen LogP contribution in [0.3, 0.4) is 0 Å². The van der Waals surface area contributed by atoms with Crippen molar-refractivity contribution in [3.63, 3.8) is 0 Å². The molecule has 1 aromatic heterocycles. The van der Waals surface area contributed by atoms with Gasteiger partial charge in [0.25, 0.3) is 0 Å². The molecule has 0 saturated carbocycles. The molecule has 1 N–H and O–H groups in total. The summed E-state index contributed by atoms with van der Waals surface area (Å²) in [5.74, 6) is 1.30. The molecule has 178 valence electrons. The van der Waals surface area contributed by atoms with Gasteiger partial charge in [-0.2, -0.15) is 0 Å². The zero-order chi connectivity index (χ0) is 23.2. The largest absolute Gasteiger partial charge is 0.454 e. The minimum Gasteiger partial charge on any atom is -0.454 e. The monoisotopic (exact) mass is 473 g/mol. The number of aryl methyl sites for hydroxylation is 1. The van der Waals surface area contributed by atoms with E-state index in [2.05, 4.69) is 11.4 Å². The van der Waals surface area contributed by atoms with Gasteiger partial charge in [0.05, 0.1) is 12.6 Å². The second-order valence-electron chi connectivity index (χ2n) is 8.32. The molecular weight excluding hydrogens is 442 g/mol. The summed E-state index contributed by atoms with van der Waals surface area (Å²) < 4.78 is 16.6. The number of hydrogen-bond donors (Lipinski definition) is 1. The van der Waals surface area contributed by atoms with Crippen molar-refractivity contribution in [3.05, 3.63) is 45.6 Å². The number of thiophene rings is 1. The first-order valence-electron chi connectivity index (χ1n) is 11.4. The predicted octanol–water partition coefficient (Wildman–Crippen LogP) is 3.52. The van der Waals surface area contributed by atoms with Crippen LogP contribution in [0.2, 0.25) is 0 Å². The third-order valence-corrected chi connectivity index (χ3v) is 6.86. The van der Waals surface area contributed by atoms with Gasteiger partial charge in [-0.25, -0.2) is 4.79 Å². The Morgan fingerprint density at radius 3 is 2.73 bits per heavy atom. The molecule has 2 aliphatic rings. The van der Waals surface area contributed by atoms with Gasteiger partial charge in [-0.3, -0.25) is 4.79 Å². The van der Waals surface area contributed by atoms with Crippen LogP contribution in [0, 0.1) is 6.92 Å². The highest BCUT2D eigenvalue weighted by atomic mass is 32.1. The van der Waals surface area contributed by atoms with Crippen molar-refractivity contribution in [1.82, 2.24) is 15.1 Å². The van der Waals surface area contributed by atoms with Gasteiger partial charge >= 0.3 is 6.03 Å². The molecule has 3 heterocycles. The molecule has 0 radical (unpaired) electrons. The lowest BCUT2D eigenvalue weighted by molar-refractivity contribution is -0.133. The smallest absolute Gasteiger partial charge is 0.317 e. The number of carbonyl (C=O) groups excluding carboxylic acids is 2. The van der Waals surface area contributed by atoms with Gasteiger partial charge in [-0.05, 0) is 61.4 Å². The van der Waals surface area contributed by atoms with E-state index in [1.807, 2.05) is 37.4 Å². The van der Waals surface area contributed by atoms with E-state index in [1.165, 1.54) is 0 Å². The summed E-state index contributed by atoms with van der Waals surface area (Å²) in [4.78, 5) is 30.7. The van der Waals surface area contributed by atoms with Gasteiger partial charge in [0, 0.05) is 31.1 Å². The molecule has 4 rings (SSSR count). The summed E-state index contributed by atoms with van der Waals surface area (Å²) in [6, 6.07) is 7.55. The van der Waals surface area contributed by atoms with Gasteiger partial charge in [0.15, 0.2) is 11.5 Å².